The van der Waals surface area contributed by atoms with Crippen LogP contribution in [0, 0.1) is 18.3 Å². The topological polar surface area (TPSA) is 85.4 Å². The summed E-state index contributed by atoms with van der Waals surface area (Å²) in [5.41, 5.74) is 11.1. The Morgan fingerprint density at radius 3 is 2.68 bits per heavy atom. The number of aliphatic hydroxyl groups excluding tert-OH is 1. The van der Waals surface area contributed by atoms with Crippen molar-refractivity contribution >= 4 is 5.84 Å². The molecule has 5 nitrogen and oxygen atoms in total. The number of nitrogens with one attached hydrogen (secondary N) is 2. The maximum atomic E-state index is 9.53. The largest absolute Gasteiger partial charge is 0.395 e. The van der Waals surface area contributed by atoms with Gasteiger partial charge in [0.05, 0.1) is 6.61 Å². The van der Waals surface area contributed by atoms with Crippen molar-refractivity contribution in [3.05, 3.63) is 59.2 Å². The maximum absolute atomic E-state index is 9.53. The number of aryl methyl sites for hydroxylation is 1. The molecule has 1 saturated heterocycles. The zero-order valence-corrected chi connectivity index (χ0v) is 16.7. The van der Waals surface area contributed by atoms with Crippen LogP contribution in [0.5, 0.6) is 0 Å². The van der Waals surface area contributed by atoms with E-state index in [9.17, 15) is 5.11 Å². The average Bonchev–Trinajstić information content (AvgIpc) is 2.68. The summed E-state index contributed by atoms with van der Waals surface area (Å²) in [5, 5.41) is 20.6. The Morgan fingerprint density at radius 1 is 1.18 bits per heavy atom. The van der Waals surface area contributed by atoms with Gasteiger partial charge < -0.3 is 16.2 Å². The lowest BCUT2D eigenvalue weighted by Gasteiger charge is -2.30. The van der Waals surface area contributed by atoms with Gasteiger partial charge in [-0.05, 0) is 67.6 Å². The number of benzene rings is 2. The van der Waals surface area contributed by atoms with Crippen LogP contribution >= 0.6 is 0 Å². The fourth-order valence-electron chi connectivity index (χ4n) is 4.05. The molecule has 5 N–H and O–H groups in total. The third-order valence-corrected chi connectivity index (χ3v) is 5.44. The molecule has 0 amide bonds. The van der Waals surface area contributed by atoms with Crippen molar-refractivity contribution in [1.82, 2.24) is 10.2 Å². The molecule has 0 bridgehead atoms. The van der Waals surface area contributed by atoms with E-state index in [1.54, 1.807) is 0 Å². The summed E-state index contributed by atoms with van der Waals surface area (Å²) in [6.45, 7) is 7.07. The zero-order chi connectivity index (χ0) is 19.9. The Balaban J connectivity index is 1.79. The number of hydrogen-bond acceptors (Lipinski definition) is 4. The molecular weight excluding hydrogens is 348 g/mol. The number of rotatable bonds is 8. The number of hydrogen-bond donors (Lipinski definition) is 4. The second kappa shape index (κ2) is 9.82. The van der Waals surface area contributed by atoms with Gasteiger partial charge in [0.1, 0.15) is 5.84 Å². The molecule has 0 aliphatic carbocycles. The van der Waals surface area contributed by atoms with Crippen LogP contribution < -0.4 is 11.1 Å². The van der Waals surface area contributed by atoms with Gasteiger partial charge in [0, 0.05) is 25.2 Å². The molecule has 0 spiro atoms. The minimum atomic E-state index is 0.0887. The SMILES string of the molecule is Cc1cc(CN(CCO)CC2CCNCC2)cc(-c2cccc(C(=N)N)c2)c1. The van der Waals surface area contributed by atoms with E-state index in [0.29, 0.717) is 12.5 Å². The van der Waals surface area contributed by atoms with Crippen LogP contribution in [0.4, 0.5) is 0 Å². The molecule has 5 heteroatoms. The first-order chi connectivity index (χ1) is 13.5. The highest BCUT2D eigenvalue weighted by Gasteiger charge is 2.17. The van der Waals surface area contributed by atoms with E-state index in [4.69, 9.17) is 11.1 Å². The summed E-state index contributed by atoms with van der Waals surface area (Å²) < 4.78 is 0. The summed E-state index contributed by atoms with van der Waals surface area (Å²) >= 11 is 0. The van der Waals surface area contributed by atoms with Gasteiger partial charge in [-0.3, -0.25) is 10.3 Å². The Bertz CT molecular complexity index is 799. The number of aliphatic hydroxyl groups is 1. The Labute approximate surface area is 168 Å². The second-order valence-corrected chi connectivity index (χ2v) is 7.85. The second-order valence-electron chi connectivity index (χ2n) is 7.85. The van der Waals surface area contributed by atoms with Gasteiger partial charge in [-0.25, -0.2) is 0 Å². The molecule has 2 aromatic carbocycles. The summed E-state index contributed by atoms with van der Waals surface area (Å²) in [5.74, 6) is 0.787. The Hall–Kier alpha value is -2.21. The fraction of sp³-hybridized carbons (Fsp3) is 0.435. The predicted octanol–water partition coefficient (Wildman–Crippen LogP) is 2.74. The van der Waals surface area contributed by atoms with Crippen LogP contribution in [0.15, 0.2) is 42.5 Å². The monoisotopic (exact) mass is 380 g/mol. The Morgan fingerprint density at radius 2 is 1.96 bits per heavy atom. The van der Waals surface area contributed by atoms with Crippen LogP contribution in [0.25, 0.3) is 11.1 Å². The van der Waals surface area contributed by atoms with Gasteiger partial charge in [0.2, 0.25) is 0 Å². The predicted molar refractivity (Wildman–Crippen MR) is 116 cm³/mol. The van der Waals surface area contributed by atoms with Crippen molar-refractivity contribution in [2.45, 2.75) is 26.3 Å². The summed E-state index contributed by atoms with van der Waals surface area (Å²) in [6.07, 6.45) is 2.41. The van der Waals surface area contributed by atoms with Gasteiger partial charge in [-0.1, -0.05) is 35.9 Å². The molecule has 1 fully saturated rings. The van der Waals surface area contributed by atoms with Crippen LogP contribution in [0.1, 0.15) is 29.5 Å². The molecule has 2 aromatic rings. The van der Waals surface area contributed by atoms with Crippen molar-refractivity contribution in [3.8, 4) is 11.1 Å². The van der Waals surface area contributed by atoms with E-state index in [1.165, 1.54) is 24.0 Å². The van der Waals surface area contributed by atoms with E-state index >= 15 is 0 Å². The van der Waals surface area contributed by atoms with Crippen LogP contribution in [-0.4, -0.2) is 48.6 Å². The van der Waals surface area contributed by atoms with E-state index in [-0.39, 0.29) is 12.4 Å². The molecule has 0 radical (unpaired) electrons. The van der Waals surface area contributed by atoms with E-state index in [0.717, 1.165) is 42.9 Å². The molecule has 0 atom stereocenters. The zero-order valence-electron chi connectivity index (χ0n) is 16.7. The van der Waals surface area contributed by atoms with Gasteiger partial charge in [-0.15, -0.1) is 0 Å². The fourth-order valence-corrected chi connectivity index (χ4v) is 4.05. The molecular formula is C23H32N4O. The van der Waals surface area contributed by atoms with E-state index in [1.807, 2.05) is 18.2 Å². The van der Waals surface area contributed by atoms with Crippen molar-refractivity contribution < 1.29 is 5.11 Å². The molecule has 0 saturated carbocycles. The molecule has 1 heterocycles. The molecule has 1 aliphatic rings. The summed E-state index contributed by atoms with van der Waals surface area (Å²) in [4.78, 5) is 2.38. The number of amidine groups is 1. The number of nitrogen functional groups attached to an aromatic ring is 1. The lowest BCUT2D eigenvalue weighted by molar-refractivity contribution is 0.157. The Kier molecular flexibility index (Phi) is 7.20. The van der Waals surface area contributed by atoms with Gasteiger partial charge >= 0.3 is 0 Å². The van der Waals surface area contributed by atoms with E-state index < -0.39 is 0 Å². The summed E-state index contributed by atoms with van der Waals surface area (Å²) in [6, 6.07) is 14.5. The van der Waals surface area contributed by atoms with E-state index in [2.05, 4.69) is 41.4 Å². The molecule has 1 aliphatic heterocycles. The molecule has 28 heavy (non-hydrogen) atoms. The van der Waals surface area contributed by atoms with Crippen LogP contribution in [-0.2, 0) is 6.54 Å². The summed E-state index contributed by atoms with van der Waals surface area (Å²) in [7, 11) is 0. The van der Waals surface area contributed by atoms with Crippen molar-refractivity contribution in [2.24, 2.45) is 11.7 Å². The van der Waals surface area contributed by atoms with Crippen LogP contribution in [0.3, 0.4) is 0 Å². The van der Waals surface area contributed by atoms with Gasteiger partial charge in [0.25, 0.3) is 0 Å². The van der Waals surface area contributed by atoms with Crippen molar-refractivity contribution in [2.75, 3.05) is 32.8 Å². The standard InChI is InChI=1S/C23H32N4O/c1-17-11-19(16-27(9-10-28)15-18-5-7-26-8-6-18)13-22(12-17)20-3-2-4-21(14-20)23(24)25/h2-4,11-14,18,26,28H,5-10,15-16H2,1H3,(H3,24,25). The number of nitrogens with two attached hydrogens (primary N) is 1. The molecule has 0 aromatic heterocycles. The third kappa shape index (κ3) is 5.64. The smallest absolute Gasteiger partial charge is 0.122 e. The van der Waals surface area contributed by atoms with Gasteiger partial charge in [-0.2, -0.15) is 0 Å². The van der Waals surface area contributed by atoms with Gasteiger partial charge in [0.15, 0.2) is 0 Å². The first-order valence-electron chi connectivity index (χ1n) is 10.1. The lowest BCUT2D eigenvalue weighted by atomic mass is 9.96. The number of nitrogens with zero attached hydrogens (tertiary/aromatic N) is 1. The van der Waals surface area contributed by atoms with Crippen LogP contribution in [0.2, 0.25) is 0 Å². The minimum absolute atomic E-state index is 0.0887. The first kappa shape index (κ1) is 20.5. The first-order valence-corrected chi connectivity index (χ1v) is 10.1. The molecule has 150 valence electrons. The average molecular weight is 381 g/mol. The molecule has 0 unspecified atom stereocenters. The maximum Gasteiger partial charge on any atom is 0.122 e. The minimum Gasteiger partial charge on any atom is -0.395 e. The molecule has 3 rings (SSSR count). The highest BCUT2D eigenvalue weighted by atomic mass is 16.3. The lowest BCUT2D eigenvalue weighted by Crippen LogP contribution is -2.37. The van der Waals surface area contributed by atoms with Crippen molar-refractivity contribution in [1.29, 1.82) is 5.41 Å². The highest BCUT2D eigenvalue weighted by molar-refractivity contribution is 5.96. The van der Waals surface area contributed by atoms with Crippen molar-refractivity contribution in [3.63, 3.8) is 0 Å². The quantitative estimate of drug-likeness (QED) is 0.419. The normalized spacial score (nSPS) is 15.1. The number of piperidine rings is 1. The third-order valence-electron chi connectivity index (χ3n) is 5.44. The highest BCUT2D eigenvalue weighted by Crippen LogP contribution is 2.25.